The van der Waals surface area contributed by atoms with Gasteiger partial charge in [-0.1, -0.05) is 0 Å². The van der Waals surface area contributed by atoms with E-state index in [-0.39, 0.29) is 18.1 Å². The van der Waals surface area contributed by atoms with Crippen molar-refractivity contribution in [3.05, 3.63) is 10.2 Å². The van der Waals surface area contributed by atoms with Gasteiger partial charge in [-0.05, 0) is 0 Å². The van der Waals surface area contributed by atoms with Crippen molar-refractivity contribution in [2.24, 2.45) is 11.8 Å². The molecule has 28 heavy (non-hydrogen) atoms. The Bertz CT molecular complexity index is 417. The van der Waals surface area contributed by atoms with Crippen LogP contribution in [0.15, 0.2) is 10.2 Å². The Labute approximate surface area is 178 Å². The van der Waals surface area contributed by atoms with E-state index in [0.717, 1.165) is 0 Å². The molecule has 0 unspecified atom stereocenters. The fraction of sp³-hybridized carbons (Fsp3) is 0.870. The number of hydrogen-bond acceptors (Lipinski definition) is 3. The summed E-state index contributed by atoms with van der Waals surface area (Å²) in [4.78, 5) is 11.5. The van der Waals surface area contributed by atoms with Gasteiger partial charge in [-0.3, -0.25) is 0 Å². The van der Waals surface area contributed by atoms with Crippen LogP contribution in [0, 0.1) is 11.8 Å². The van der Waals surface area contributed by atoms with Crippen LogP contribution in [0.1, 0.15) is 73.1 Å². The first-order chi connectivity index (χ1) is 13.3. The maximum absolute atomic E-state index is 11.5. The first kappa shape index (κ1) is 27.9. The maximum atomic E-state index is 11.5. The van der Waals surface area contributed by atoms with Crippen molar-refractivity contribution in [1.29, 1.82) is 0 Å². The molecule has 0 fully saturated rings. The monoisotopic (exact) mass is 506 g/mol. The zero-order valence-electron chi connectivity index (χ0n) is 19.5. The van der Waals surface area contributed by atoms with E-state index in [0.29, 0.717) is 0 Å². The Morgan fingerprint density at radius 3 is 1.71 bits per heavy atom. The number of ether oxygens (including phenoxy) is 2. The molecule has 0 aromatic heterocycles. The fourth-order valence-corrected chi connectivity index (χ4v) is 18.5. The van der Waals surface area contributed by atoms with Gasteiger partial charge in [-0.15, -0.1) is 0 Å². The van der Waals surface area contributed by atoms with E-state index in [1.54, 1.807) is 21.1 Å². The van der Waals surface area contributed by atoms with Gasteiger partial charge in [0.05, 0.1) is 0 Å². The van der Waals surface area contributed by atoms with Crippen LogP contribution in [0.3, 0.4) is 0 Å². The van der Waals surface area contributed by atoms with Crippen LogP contribution in [0.25, 0.3) is 0 Å². The molecule has 0 rings (SSSR count). The predicted molar refractivity (Wildman–Crippen MR) is 122 cm³/mol. The first-order valence-corrected chi connectivity index (χ1v) is 19.0. The number of carboxylic acid groups (broad SMARTS) is 1. The summed E-state index contributed by atoms with van der Waals surface area (Å²) in [5.41, 5.74) is 0. The Morgan fingerprint density at radius 2 is 1.39 bits per heavy atom. The molecule has 0 saturated carbocycles. The Balaban J connectivity index is 5.57. The molecule has 5 heteroatoms. The molecule has 166 valence electrons. The fourth-order valence-electron chi connectivity index (χ4n) is 4.18. The second kappa shape index (κ2) is 15.7. The Kier molecular flexibility index (Phi) is 15.7. The third-order valence-electron chi connectivity index (χ3n) is 6.19. The summed E-state index contributed by atoms with van der Waals surface area (Å²) in [6.07, 6.45) is 9.59. The zero-order valence-corrected chi connectivity index (χ0v) is 22.4. The van der Waals surface area contributed by atoms with Crippen molar-refractivity contribution in [2.45, 2.75) is 98.7 Å². The topological polar surface area (TPSA) is 55.8 Å². The quantitative estimate of drug-likeness (QED) is 0.235. The van der Waals surface area contributed by atoms with Gasteiger partial charge in [0, 0.05) is 0 Å². The first-order valence-electron chi connectivity index (χ1n) is 11.3. The third-order valence-corrected chi connectivity index (χ3v) is 20.3. The molecule has 0 aromatic rings. The van der Waals surface area contributed by atoms with Crippen molar-refractivity contribution in [2.75, 3.05) is 14.2 Å². The van der Waals surface area contributed by atoms with Crippen molar-refractivity contribution in [1.82, 2.24) is 0 Å². The summed E-state index contributed by atoms with van der Waals surface area (Å²) in [6.45, 7) is 10.6. The van der Waals surface area contributed by atoms with Crippen LogP contribution in [-0.2, 0) is 14.3 Å². The molecule has 0 aromatic carbocycles. The molecule has 0 saturated heterocycles. The normalized spacial score (nSPS) is 16.8. The van der Waals surface area contributed by atoms with E-state index in [1.807, 2.05) is 6.92 Å². The van der Waals surface area contributed by atoms with Gasteiger partial charge < -0.3 is 0 Å². The zero-order chi connectivity index (χ0) is 21.6. The molecule has 0 bridgehead atoms. The molecule has 0 amide bonds. The number of carbonyl (C=O) groups is 1. The summed E-state index contributed by atoms with van der Waals surface area (Å²) >= 11 is -2.37. The SMILES string of the molecule is CCC[CH2][Sn](/[CH]=C/[C@H](OC)[C@H](C)[C@@H](OC)[C@@H](C)C(=O)O)([CH2]CCC)[CH2]CCC. The van der Waals surface area contributed by atoms with Crippen LogP contribution < -0.4 is 0 Å². The molecule has 4 nitrogen and oxygen atoms in total. The predicted octanol–water partition coefficient (Wildman–Crippen LogP) is 6.32. The molecule has 1 N–H and O–H groups in total. The van der Waals surface area contributed by atoms with Gasteiger partial charge in [0.2, 0.25) is 0 Å². The Hall–Kier alpha value is -0.0713. The Morgan fingerprint density at radius 1 is 0.929 bits per heavy atom. The molecule has 0 radical (unpaired) electrons. The summed E-state index contributed by atoms with van der Waals surface area (Å²) in [5.74, 6) is -1.38. The minimum absolute atomic E-state index is 0.00939. The molecular weight excluding hydrogens is 459 g/mol. The van der Waals surface area contributed by atoms with Gasteiger partial charge in [0.15, 0.2) is 0 Å². The van der Waals surface area contributed by atoms with Crippen molar-refractivity contribution in [3.63, 3.8) is 0 Å². The van der Waals surface area contributed by atoms with E-state index in [2.05, 4.69) is 30.9 Å². The average Bonchev–Trinajstić information content (AvgIpc) is 2.69. The van der Waals surface area contributed by atoms with Crippen LogP contribution in [-0.4, -0.2) is 55.9 Å². The van der Waals surface area contributed by atoms with E-state index in [4.69, 9.17) is 9.47 Å². The second-order valence-electron chi connectivity index (χ2n) is 8.42. The number of carboxylic acids is 1. The molecule has 0 aliphatic heterocycles. The van der Waals surface area contributed by atoms with Crippen molar-refractivity contribution >= 4 is 24.3 Å². The second-order valence-corrected chi connectivity index (χ2v) is 21.4. The van der Waals surface area contributed by atoms with Crippen LogP contribution >= 0.6 is 0 Å². The molecule has 0 spiro atoms. The number of rotatable bonds is 17. The number of methoxy groups -OCH3 is 2. The summed E-state index contributed by atoms with van der Waals surface area (Å²) in [5, 5.41) is 9.41. The molecule has 0 aliphatic rings. The van der Waals surface area contributed by atoms with E-state index in [1.165, 1.54) is 51.8 Å². The van der Waals surface area contributed by atoms with Crippen LogP contribution in [0.4, 0.5) is 0 Å². The summed E-state index contributed by atoms with van der Waals surface area (Å²) < 4.78 is 18.3. The third kappa shape index (κ3) is 9.62. The van der Waals surface area contributed by atoms with Crippen molar-refractivity contribution < 1.29 is 19.4 Å². The molecule has 0 aliphatic carbocycles. The van der Waals surface area contributed by atoms with Gasteiger partial charge in [0.25, 0.3) is 0 Å². The van der Waals surface area contributed by atoms with Crippen molar-refractivity contribution in [3.8, 4) is 0 Å². The number of hydrogen-bond donors (Lipinski definition) is 1. The standard InChI is InChI=1S/C11H19O4.3C4H9.Sn/c1-6-9(14-4)7(2)10(15-5)8(3)11(12)13;3*1-3-4-2;/h1,6-10H,2-5H3,(H,12,13);3*1,3-4H2,2H3;/t7-,8+,9-,10+;;;;/m0..../s1. The van der Waals surface area contributed by atoms with Crippen LogP contribution in [0.2, 0.25) is 13.3 Å². The van der Waals surface area contributed by atoms with E-state index in [9.17, 15) is 9.90 Å². The molecule has 0 heterocycles. The van der Waals surface area contributed by atoms with Gasteiger partial charge >= 0.3 is 179 Å². The number of unbranched alkanes of at least 4 members (excludes halogenated alkanes) is 3. The molecular formula is C23H46O4Sn. The summed E-state index contributed by atoms with van der Waals surface area (Å²) in [6, 6.07) is 0. The van der Waals surface area contributed by atoms with Gasteiger partial charge in [-0.2, -0.15) is 0 Å². The average molecular weight is 505 g/mol. The molecule has 4 atom stereocenters. The minimum atomic E-state index is -2.37. The number of aliphatic carboxylic acids is 1. The summed E-state index contributed by atoms with van der Waals surface area (Å²) in [7, 11) is 3.33. The van der Waals surface area contributed by atoms with E-state index < -0.39 is 30.3 Å². The van der Waals surface area contributed by atoms with Crippen LogP contribution in [0.5, 0.6) is 0 Å². The van der Waals surface area contributed by atoms with Gasteiger partial charge in [0.1, 0.15) is 0 Å². The van der Waals surface area contributed by atoms with Gasteiger partial charge in [-0.25, -0.2) is 0 Å². The van der Waals surface area contributed by atoms with E-state index >= 15 is 0 Å².